The van der Waals surface area contributed by atoms with Gasteiger partial charge >= 0.3 is 6.03 Å². The van der Waals surface area contributed by atoms with Crippen LogP contribution in [0.25, 0.3) is 0 Å². The normalized spacial score (nSPS) is 15.8. The second kappa shape index (κ2) is 30.9. The van der Waals surface area contributed by atoms with Gasteiger partial charge in [0.05, 0.1) is 30.2 Å². The standard InChI is InChI=1S/C62H96N10O12S/c1-18-41-33-43(66-54(77)44(26-23-31-65-58(63)81)67-55(78)50(39(5)6)68-47(73)34-62(15,19-2)37-84-36-60(11,12)35-72-48(74)29-30-49(72)75)27-28-46(41)85(82,83)70-53(76)40(7)32-45(38(3)4)71(17)57(80)52(59(8,9)10)69-56(79)51(64-16)61(13,14)42-24-21-20-22-25-42/h20-22,24-25,27-30,32-33,38-39,44-45,50-52,64H,18-19,23,26,31,34-37H2,1-17H3,(H,66,77)(H,67,78)(H,68,73)(H,69,79)(H,70,76)(H3,63,65,81)/b40-32+/t44-,45+,50-,51+,52+,62?/m0/s1. The summed E-state index contributed by atoms with van der Waals surface area (Å²) < 4.78 is 36.3. The first-order chi connectivity index (χ1) is 39.3. The van der Waals surface area contributed by atoms with Crippen LogP contribution in [0.4, 0.5) is 10.5 Å². The van der Waals surface area contributed by atoms with Crippen LogP contribution in [0.5, 0.6) is 0 Å². The lowest BCUT2D eigenvalue weighted by Crippen LogP contribution is -2.61. The lowest BCUT2D eigenvalue weighted by atomic mass is 9.76. The molecule has 1 aliphatic rings. The first-order valence-electron chi connectivity index (χ1n) is 29.1. The van der Waals surface area contributed by atoms with Gasteiger partial charge in [-0.25, -0.2) is 17.9 Å². The molecule has 85 heavy (non-hydrogen) atoms. The number of nitrogens with two attached hydrogens (primary N) is 1. The molecule has 2 aromatic rings. The minimum Gasteiger partial charge on any atom is -0.380 e. The van der Waals surface area contributed by atoms with Gasteiger partial charge in [-0.15, -0.1) is 0 Å². The smallest absolute Gasteiger partial charge is 0.312 e. The molecule has 0 fully saturated rings. The van der Waals surface area contributed by atoms with Crippen molar-refractivity contribution in [3.8, 4) is 0 Å². The molecule has 0 bridgehead atoms. The Kier molecular flexibility index (Phi) is 26.3. The van der Waals surface area contributed by atoms with Crippen molar-refractivity contribution < 1.29 is 56.3 Å². The number of nitrogens with one attached hydrogen (secondary N) is 7. The summed E-state index contributed by atoms with van der Waals surface area (Å²) in [6, 6.07) is 8.10. The molecular formula is C62H96N10O12S. The molecule has 0 saturated carbocycles. The predicted octanol–water partition coefficient (Wildman–Crippen LogP) is 5.37. The fourth-order valence-electron chi connectivity index (χ4n) is 9.95. The zero-order valence-corrected chi connectivity index (χ0v) is 53.9. The van der Waals surface area contributed by atoms with Gasteiger partial charge < -0.3 is 47.3 Å². The number of ether oxygens (including phenoxy) is 1. The van der Waals surface area contributed by atoms with E-state index in [0.717, 1.165) is 10.5 Å². The van der Waals surface area contributed by atoms with Crippen LogP contribution in [0, 0.1) is 28.1 Å². The summed E-state index contributed by atoms with van der Waals surface area (Å²) >= 11 is 0. The number of carbonyl (C=O) groups excluding carboxylic acids is 9. The van der Waals surface area contributed by atoms with Gasteiger partial charge in [0, 0.05) is 60.8 Å². The van der Waals surface area contributed by atoms with Crippen LogP contribution in [0.2, 0.25) is 0 Å². The molecule has 0 saturated heterocycles. The summed E-state index contributed by atoms with van der Waals surface area (Å²) in [6.45, 7) is 27.8. The topological polar surface area (TPSA) is 314 Å². The number of primary amides is 1. The molecule has 0 aliphatic carbocycles. The summed E-state index contributed by atoms with van der Waals surface area (Å²) in [4.78, 5) is 122. The van der Waals surface area contributed by atoms with Gasteiger partial charge in [0.1, 0.15) is 18.1 Å². The van der Waals surface area contributed by atoms with Crippen molar-refractivity contribution in [2.45, 2.75) is 176 Å². The van der Waals surface area contributed by atoms with E-state index in [-0.39, 0.29) is 85.5 Å². The van der Waals surface area contributed by atoms with Crippen molar-refractivity contribution in [2.24, 2.45) is 33.8 Å². The summed E-state index contributed by atoms with van der Waals surface area (Å²) in [5, 5.41) is 17.0. The fraction of sp³-hybridized carbons (Fsp3) is 0.597. The van der Waals surface area contributed by atoms with E-state index in [9.17, 15) is 51.6 Å². The minimum absolute atomic E-state index is 0.00591. The van der Waals surface area contributed by atoms with Crippen LogP contribution in [0.15, 0.2) is 77.2 Å². The lowest BCUT2D eigenvalue weighted by molar-refractivity contribution is -0.141. The van der Waals surface area contributed by atoms with Gasteiger partial charge in [-0.05, 0) is 91.6 Å². The molecule has 9 N–H and O–H groups in total. The Bertz CT molecular complexity index is 2880. The molecule has 0 radical (unpaired) electrons. The Morgan fingerprint density at radius 1 is 0.788 bits per heavy atom. The highest BCUT2D eigenvalue weighted by molar-refractivity contribution is 7.90. The van der Waals surface area contributed by atoms with Crippen molar-refractivity contribution in [3.63, 3.8) is 0 Å². The number of imide groups is 1. The van der Waals surface area contributed by atoms with Crippen molar-refractivity contribution in [1.29, 1.82) is 0 Å². The number of rotatable bonds is 32. The van der Waals surface area contributed by atoms with E-state index in [0.29, 0.717) is 6.42 Å². The number of benzene rings is 2. The maximum Gasteiger partial charge on any atom is 0.312 e. The number of hydrogen-bond acceptors (Lipinski definition) is 13. The molecule has 1 heterocycles. The van der Waals surface area contributed by atoms with Crippen molar-refractivity contribution in [1.82, 2.24) is 41.1 Å². The zero-order chi connectivity index (χ0) is 64.6. The summed E-state index contributed by atoms with van der Waals surface area (Å²) in [7, 11) is -1.27. The Labute approximate surface area is 503 Å². The fourth-order valence-corrected chi connectivity index (χ4v) is 11.3. The Hall–Kier alpha value is -6.98. The van der Waals surface area contributed by atoms with Gasteiger partial charge in [-0.1, -0.05) is 133 Å². The molecule has 23 heteroatoms. The monoisotopic (exact) mass is 1200 g/mol. The average Bonchev–Trinajstić information content (AvgIpc) is 3.84. The number of sulfonamides is 1. The Balaban J connectivity index is 1.79. The van der Waals surface area contributed by atoms with Crippen molar-refractivity contribution >= 4 is 69.0 Å². The molecular weight excluding hydrogens is 1110 g/mol. The maximum atomic E-state index is 14.5. The van der Waals surface area contributed by atoms with E-state index in [4.69, 9.17) is 10.5 Å². The molecule has 0 aromatic heterocycles. The molecule has 3 rings (SSSR count). The third-order valence-electron chi connectivity index (χ3n) is 15.4. The van der Waals surface area contributed by atoms with E-state index in [1.807, 2.05) is 106 Å². The first kappa shape index (κ1) is 72.3. The number of carbonyl (C=O) groups is 9. The van der Waals surface area contributed by atoms with E-state index < -0.39 is 115 Å². The van der Waals surface area contributed by atoms with E-state index in [1.54, 1.807) is 34.9 Å². The quantitative estimate of drug-likeness (QED) is 0.0260. The molecule has 1 unspecified atom stereocenters. The first-order valence-corrected chi connectivity index (χ1v) is 30.6. The molecule has 1 aliphatic heterocycles. The van der Waals surface area contributed by atoms with Crippen LogP contribution in [0.1, 0.15) is 141 Å². The van der Waals surface area contributed by atoms with Gasteiger partial charge in [-0.2, -0.15) is 0 Å². The van der Waals surface area contributed by atoms with E-state index in [1.165, 1.54) is 48.3 Å². The Morgan fingerprint density at radius 3 is 1.93 bits per heavy atom. The predicted molar refractivity (Wildman–Crippen MR) is 328 cm³/mol. The van der Waals surface area contributed by atoms with Gasteiger partial charge in [-0.3, -0.25) is 43.3 Å². The molecule has 472 valence electrons. The second-order valence-corrected chi connectivity index (χ2v) is 27.3. The number of urea groups is 1. The van der Waals surface area contributed by atoms with Crippen LogP contribution in [-0.4, -0.2) is 142 Å². The van der Waals surface area contributed by atoms with Crippen LogP contribution in [-0.2, 0) is 65.0 Å². The summed E-state index contributed by atoms with van der Waals surface area (Å²) in [5.74, 6) is -5.00. The minimum atomic E-state index is -4.54. The molecule has 10 amide bonds. The summed E-state index contributed by atoms with van der Waals surface area (Å²) in [5.41, 5.74) is 3.94. The molecule has 6 atom stereocenters. The molecule has 22 nitrogen and oxygen atoms in total. The SMILES string of the molecule is CCc1cc(NC(=O)[C@H](CCCNC(N)=O)NC(=O)[C@@H](NC(=O)CC(C)(CC)COCC(C)(C)CN2C(=O)C=CC2=O)C(C)C)ccc1S(=O)(=O)NC(=O)/C(C)=C/[C@H](C(C)C)N(C)C(=O)[C@@H](NC(=O)[C@@H](NC)C(C)(C)c1ccccc1)C(C)(C)C. The van der Waals surface area contributed by atoms with Crippen molar-refractivity contribution in [3.05, 3.63) is 83.5 Å². The lowest BCUT2D eigenvalue weighted by Gasteiger charge is -2.40. The average molecular weight is 1210 g/mol. The van der Waals surface area contributed by atoms with Gasteiger partial charge in [0.25, 0.3) is 27.7 Å². The third kappa shape index (κ3) is 20.9. The van der Waals surface area contributed by atoms with E-state index >= 15 is 0 Å². The second-order valence-electron chi connectivity index (χ2n) is 25.6. The zero-order valence-electron chi connectivity index (χ0n) is 53.0. The highest BCUT2D eigenvalue weighted by Crippen LogP contribution is 2.31. The van der Waals surface area contributed by atoms with Crippen LogP contribution in [0.3, 0.4) is 0 Å². The van der Waals surface area contributed by atoms with Crippen LogP contribution < -0.4 is 42.4 Å². The Morgan fingerprint density at radius 2 is 1.40 bits per heavy atom. The largest absolute Gasteiger partial charge is 0.380 e. The van der Waals surface area contributed by atoms with Gasteiger partial charge in [0.2, 0.25) is 29.5 Å². The number of likely N-dealkylation sites (N-methyl/N-ethyl adjacent to an activating group) is 2. The highest BCUT2D eigenvalue weighted by Gasteiger charge is 2.42. The maximum absolute atomic E-state index is 14.5. The van der Waals surface area contributed by atoms with Gasteiger partial charge in [0.15, 0.2) is 0 Å². The summed E-state index contributed by atoms with van der Waals surface area (Å²) in [6.07, 6.45) is 4.85. The highest BCUT2D eigenvalue weighted by atomic mass is 32.2. The third-order valence-corrected chi connectivity index (χ3v) is 16.8. The number of anilines is 1. The molecule has 2 aromatic carbocycles. The van der Waals surface area contributed by atoms with E-state index in [2.05, 4.69) is 36.6 Å². The number of nitrogens with zero attached hydrogens (tertiary/aromatic N) is 2. The number of amides is 10. The van der Waals surface area contributed by atoms with Crippen LogP contribution >= 0.6 is 0 Å². The number of hydrogen-bond donors (Lipinski definition) is 8. The molecule has 0 spiro atoms. The van der Waals surface area contributed by atoms with Crippen molar-refractivity contribution in [2.75, 3.05) is 45.7 Å². The number of aryl methyl sites for hydroxylation is 1.